The van der Waals surface area contributed by atoms with Crippen LogP contribution in [0.4, 0.5) is 4.39 Å². The minimum absolute atomic E-state index is 0.373. The van der Waals surface area contributed by atoms with Crippen LogP contribution < -0.4 is 4.72 Å². The Kier molecular flexibility index (Phi) is 4.36. The molecule has 1 aromatic heterocycles. The average Bonchev–Trinajstić information content (AvgIpc) is 3.15. The van der Waals surface area contributed by atoms with E-state index >= 15 is 0 Å². The molecule has 0 amide bonds. The second-order valence-electron chi connectivity index (χ2n) is 5.48. The summed E-state index contributed by atoms with van der Waals surface area (Å²) in [5.41, 5.74) is 0.254. The lowest BCUT2D eigenvalue weighted by molar-refractivity contribution is 0.102. The van der Waals surface area contributed by atoms with Crippen molar-refractivity contribution in [3.05, 3.63) is 47.5 Å². The van der Waals surface area contributed by atoms with Crippen LogP contribution in [-0.4, -0.2) is 30.8 Å². The maximum Gasteiger partial charge on any atom is 0.242 e. The van der Waals surface area contributed by atoms with Crippen molar-refractivity contribution in [2.75, 3.05) is 6.61 Å². The molecule has 1 aliphatic rings. The molecule has 0 bridgehead atoms. The summed E-state index contributed by atoms with van der Waals surface area (Å²) in [5.74, 6) is -0.869. The van der Waals surface area contributed by atoms with E-state index in [1.54, 1.807) is 30.2 Å². The lowest BCUT2D eigenvalue weighted by Gasteiger charge is -2.19. The zero-order chi connectivity index (χ0) is 17.3. The van der Waals surface area contributed by atoms with Gasteiger partial charge >= 0.3 is 0 Å². The van der Waals surface area contributed by atoms with Gasteiger partial charge in [-0.2, -0.15) is 10.4 Å². The Hall–Kier alpha value is -2.28. The van der Waals surface area contributed by atoms with Crippen molar-refractivity contribution < 1.29 is 17.5 Å². The highest BCUT2D eigenvalue weighted by Gasteiger charge is 2.35. The summed E-state index contributed by atoms with van der Waals surface area (Å²) < 4.78 is 48.6. The van der Waals surface area contributed by atoms with Gasteiger partial charge in [0.1, 0.15) is 28.4 Å². The van der Waals surface area contributed by atoms with Gasteiger partial charge in [-0.3, -0.25) is 4.68 Å². The number of hydrogen-bond acceptors (Lipinski definition) is 5. The topological polar surface area (TPSA) is 97.0 Å². The summed E-state index contributed by atoms with van der Waals surface area (Å²) >= 11 is 0. The van der Waals surface area contributed by atoms with Crippen molar-refractivity contribution in [1.82, 2.24) is 14.5 Å². The van der Waals surface area contributed by atoms with Crippen LogP contribution in [0.3, 0.4) is 0 Å². The summed E-state index contributed by atoms with van der Waals surface area (Å²) in [7, 11) is -2.31. The molecule has 0 unspecified atom stereocenters. The van der Waals surface area contributed by atoms with E-state index in [0.29, 0.717) is 13.0 Å². The maximum absolute atomic E-state index is 13.7. The van der Waals surface area contributed by atoms with E-state index in [1.807, 2.05) is 0 Å². The Morgan fingerprint density at radius 1 is 1.50 bits per heavy atom. The van der Waals surface area contributed by atoms with E-state index in [2.05, 4.69) is 9.82 Å². The summed E-state index contributed by atoms with van der Waals surface area (Å²) in [5, 5.41) is 13.1. The Balaban J connectivity index is 1.90. The number of nitrogens with one attached hydrogen (secondary N) is 1. The minimum Gasteiger partial charge on any atom is -0.372 e. The van der Waals surface area contributed by atoms with Crippen molar-refractivity contribution in [2.45, 2.75) is 23.5 Å². The van der Waals surface area contributed by atoms with E-state index in [-0.39, 0.29) is 4.90 Å². The SMILES string of the molecule is Cn1cc([C@H]2OCC[C@@H]2NS(=O)(=O)c2cccc(F)c2C#N)cn1. The van der Waals surface area contributed by atoms with Gasteiger partial charge in [0.15, 0.2) is 0 Å². The summed E-state index contributed by atoms with van der Waals surface area (Å²) in [6.07, 6.45) is 3.35. The first-order valence-electron chi connectivity index (χ1n) is 7.23. The molecule has 3 rings (SSSR count). The predicted octanol–water partition coefficient (Wildman–Crippen LogP) is 1.24. The Bertz CT molecular complexity index is 904. The molecule has 1 aromatic carbocycles. The highest BCUT2D eigenvalue weighted by molar-refractivity contribution is 7.89. The third kappa shape index (κ3) is 3.03. The van der Waals surface area contributed by atoms with Crippen molar-refractivity contribution >= 4 is 10.0 Å². The number of ether oxygens (including phenoxy) is 1. The third-order valence-corrected chi connectivity index (χ3v) is 5.36. The van der Waals surface area contributed by atoms with Crippen LogP contribution in [0, 0.1) is 17.1 Å². The van der Waals surface area contributed by atoms with Crippen LogP contribution in [-0.2, 0) is 21.8 Å². The van der Waals surface area contributed by atoms with Gasteiger partial charge in [0, 0.05) is 25.4 Å². The molecule has 0 aliphatic carbocycles. The van der Waals surface area contributed by atoms with Crippen molar-refractivity contribution in [1.29, 1.82) is 5.26 Å². The quantitative estimate of drug-likeness (QED) is 0.895. The van der Waals surface area contributed by atoms with E-state index < -0.39 is 33.5 Å². The number of hydrogen-bond donors (Lipinski definition) is 1. The van der Waals surface area contributed by atoms with Gasteiger partial charge in [0.05, 0.1) is 12.2 Å². The normalized spacial score (nSPS) is 20.9. The first kappa shape index (κ1) is 16.6. The second kappa shape index (κ2) is 6.32. The molecule has 1 N–H and O–H groups in total. The lowest BCUT2D eigenvalue weighted by Crippen LogP contribution is -2.37. The second-order valence-corrected chi connectivity index (χ2v) is 7.16. The van der Waals surface area contributed by atoms with E-state index in [9.17, 15) is 12.8 Å². The molecule has 0 radical (unpaired) electrons. The Labute approximate surface area is 138 Å². The van der Waals surface area contributed by atoms with E-state index in [4.69, 9.17) is 10.00 Å². The third-order valence-electron chi connectivity index (χ3n) is 3.83. The van der Waals surface area contributed by atoms with Crippen LogP contribution in [0.15, 0.2) is 35.5 Å². The molecule has 0 spiro atoms. The monoisotopic (exact) mass is 350 g/mol. The molecule has 0 saturated carbocycles. The number of sulfonamides is 1. The van der Waals surface area contributed by atoms with Crippen LogP contribution in [0.2, 0.25) is 0 Å². The van der Waals surface area contributed by atoms with Gasteiger partial charge in [-0.25, -0.2) is 17.5 Å². The number of aromatic nitrogens is 2. The fourth-order valence-corrected chi connectivity index (χ4v) is 4.16. The molecule has 24 heavy (non-hydrogen) atoms. The highest BCUT2D eigenvalue weighted by atomic mass is 32.2. The van der Waals surface area contributed by atoms with Crippen LogP contribution in [0.1, 0.15) is 23.7 Å². The summed E-state index contributed by atoms with van der Waals surface area (Å²) in [6.45, 7) is 0.390. The van der Waals surface area contributed by atoms with Gasteiger partial charge in [0.2, 0.25) is 10.0 Å². The van der Waals surface area contributed by atoms with Gasteiger partial charge in [0.25, 0.3) is 0 Å². The average molecular weight is 350 g/mol. The van der Waals surface area contributed by atoms with E-state index in [1.165, 1.54) is 12.1 Å². The molecular weight excluding hydrogens is 335 g/mol. The highest BCUT2D eigenvalue weighted by Crippen LogP contribution is 2.30. The summed E-state index contributed by atoms with van der Waals surface area (Å²) in [4.78, 5) is -0.373. The molecule has 2 aromatic rings. The summed E-state index contributed by atoms with van der Waals surface area (Å²) in [6, 6.07) is 4.60. The van der Waals surface area contributed by atoms with Crippen LogP contribution in [0.5, 0.6) is 0 Å². The lowest BCUT2D eigenvalue weighted by atomic mass is 10.1. The smallest absolute Gasteiger partial charge is 0.242 e. The van der Waals surface area contributed by atoms with Crippen molar-refractivity contribution in [2.24, 2.45) is 7.05 Å². The van der Waals surface area contributed by atoms with Gasteiger partial charge in [-0.1, -0.05) is 6.07 Å². The van der Waals surface area contributed by atoms with Crippen molar-refractivity contribution in [3.8, 4) is 6.07 Å². The van der Waals surface area contributed by atoms with Gasteiger partial charge in [-0.15, -0.1) is 0 Å². The molecule has 7 nitrogen and oxygen atoms in total. The Morgan fingerprint density at radius 3 is 2.96 bits per heavy atom. The molecule has 126 valence electrons. The molecule has 1 aliphatic heterocycles. The molecular formula is C15H15FN4O3S. The molecule has 1 fully saturated rings. The first-order chi connectivity index (χ1) is 11.4. The fourth-order valence-electron chi connectivity index (χ4n) is 2.73. The number of rotatable bonds is 4. The van der Waals surface area contributed by atoms with Crippen LogP contribution >= 0.6 is 0 Å². The van der Waals surface area contributed by atoms with Crippen LogP contribution in [0.25, 0.3) is 0 Å². The largest absolute Gasteiger partial charge is 0.372 e. The molecule has 2 atom stereocenters. The number of benzene rings is 1. The van der Waals surface area contributed by atoms with Gasteiger partial charge in [-0.05, 0) is 18.6 Å². The molecule has 2 heterocycles. The zero-order valence-corrected chi connectivity index (χ0v) is 13.6. The number of nitrogens with zero attached hydrogens (tertiary/aromatic N) is 3. The number of nitriles is 1. The Morgan fingerprint density at radius 2 is 2.29 bits per heavy atom. The van der Waals surface area contributed by atoms with Crippen molar-refractivity contribution in [3.63, 3.8) is 0 Å². The minimum atomic E-state index is -4.06. The number of halogens is 1. The number of aryl methyl sites for hydroxylation is 1. The predicted molar refractivity (Wildman–Crippen MR) is 81.7 cm³/mol. The fraction of sp³-hybridized carbons (Fsp3) is 0.333. The molecule has 9 heteroatoms. The van der Waals surface area contributed by atoms with Gasteiger partial charge < -0.3 is 4.74 Å². The van der Waals surface area contributed by atoms with E-state index in [0.717, 1.165) is 11.6 Å². The standard InChI is InChI=1S/C15H15FN4O3S/c1-20-9-10(8-18-20)15-13(5-6-23-15)19-24(21,22)14-4-2-3-12(16)11(14)7-17/h2-4,8-9,13,15,19H,5-6H2,1H3/t13-,15+/m0/s1. The molecule has 1 saturated heterocycles. The maximum atomic E-state index is 13.7. The first-order valence-corrected chi connectivity index (χ1v) is 8.72. The zero-order valence-electron chi connectivity index (χ0n) is 12.8.